The molecule has 0 fully saturated rings. The van der Waals surface area contributed by atoms with Gasteiger partial charge in [0.1, 0.15) is 0 Å². The summed E-state index contributed by atoms with van der Waals surface area (Å²) >= 11 is 2.13. The van der Waals surface area contributed by atoms with Crippen molar-refractivity contribution in [3.8, 4) is 0 Å². The van der Waals surface area contributed by atoms with Crippen molar-refractivity contribution in [2.75, 3.05) is 17.8 Å². The molecule has 2 N–H and O–H groups in total. The van der Waals surface area contributed by atoms with Crippen molar-refractivity contribution in [3.05, 3.63) is 39.9 Å². The number of carbonyl (C=O) groups is 3. The minimum atomic E-state index is -1.11. The molecule has 0 saturated heterocycles. The van der Waals surface area contributed by atoms with Gasteiger partial charge in [0, 0.05) is 17.7 Å². The molecule has 1 aromatic rings. The van der Waals surface area contributed by atoms with E-state index < -0.39 is 28.0 Å². The summed E-state index contributed by atoms with van der Waals surface area (Å²) in [4.78, 5) is 44.8. The molecule has 24 heavy (non-hydrogen) atoms. The molecule has 10 heteroatoms. The number of nitro groups is 1. The fourth-order valence-electron chi connectivity index (χ4n) is 1.69. The summed E-state index contributed by atoms with van der Waals surface area (Å²) in [6.45, 7) is 0. The van der Waals surface area contributed by atoms with Gasteiger partial charge in [0.25, 0.3) is 11.6 Å². The topological polar surface area (TPSA) is 127 Å². The van der Waals surface area contributed by atoms with Crippen molar-refractivity contribution in [3.63, 3.8) is 0 Å². The van der Waals surface area contributed by atoms with E-state index in [1.807, 2.05) is 6.26 Å². The molecule has 8 nitrogen and oxygen atoms in total. The average Bonchev–Trinajstić information content (AvgIpc) is 2.56. The van der Waals surface area contributed by atoms with E-state index >= 15 is 0 Å². The van der Waals surface area contributed by atoms with Crippen LogP contribution in [0, 0.1) is 10.1 Å². The maximum absolute atomic E-state index is 12.2. The normalized spacial score (nSPS) is 11.5. The van der Waals surface area contributed by atoms with Crippen LogP contribution < -0.4 is 5.32 Å². The third-order valence-electron chi connectivity index (χ3n) is 2.88. The van der Waals surface area contributed by atoms with Gasteiger partial charge in [-0.2, -0.15) is 11.8 Å². The molecule has 0 aromatic heterocycles. The largest absolute Gasteiger partial charge is 0.481 e. The molecule has 0 heterocycles. The van der Waals surface area contributed by atoms with E-state index in [9.17, 15) is 24.5 Å². The Morgan fingerprint density at radius 3 is 2.42 bits per heavy atom. The maximum Gasteiger partial charge on any atom is 0.313 e. The molecule has 1 atom stereocenters. The van der Waals surface area contributed by atoms with Gasteiger partial charge < -0.3 is 10.4 Å². The first kappa shape index (κ1) is 20.0. The number of aliphatic carboxylic acids is 1. The number of thioether (sulfide) groups is 2. The molecule has 0 aliphatic rings. The third kappa shape index (κ3) is 6.59. The van der Waals surface area contributed by atoms with Crippen LogP contribution in [0.1, 0.15) is 16.8 Å². The van der Waals surface area contributed by atoms with Crippen molar-refractivity contribution in [1.29, 1.82) is 0 Å². The first-order valence-corrected chi connectivity index (χ1v) is 9.15. The second kappa shape index (κ2) is 9.93. The molecule has 0 spiro atoms. The van der Waals surface area contributed by atoms with Gasteiger partial charge in [-0.3, -0.25) is 24.5 Å². The lowest BCUT2D eigenvalue weighted by atomic mass is 10.1. The average molecular weight is 372 g/mol. The van der Waals surface area contributed by atoms with E-state index in [1.54, 1.807) is 0 Å². The quantitative estimate of drug-likeness (QED) is 0.496. The van der Waals surface area contributed by atoms with E-state index in [0.717, 1.165) is 0 Å². The van der Waals surface area contributed by atoms with Gasteiger partial charge in [-0.25, -0.2) is 0 Å². The highest BCUT2D eigenvalue weighted by molar-refractivity contribution is 8.14. The highest BCUT2D eigenvalue weighted by Crippen LogP contribution is 2.14. The standard InChI is InChI=1S/C14H16N2O6S2/c1-23-7-6-11(14(20)24-8-12(17)18)15-13(19)9-2-4-10(5-3-9)16(21)22/h2-5,11H,6-8H2,1H3,(H,15,19)(H,17,18)/t11-/m0/s1. The molecule has 1 amide bonds. The van der Waals surface area contributed by atoms with Gasteiger partial charge in [-0.1, -0.05) is 11.8 Å². The Balaban J connectivity index is 2.76. The van der Waals surface area contributed by atoms with Crippen molar-refractivity contribution in [2.24, 2.45) is 0 Å². The van der Waals surface area contributed by atoms with E-state index in [4.69, 9.17) is 5.11 Å². The number of hydrogen-bond acceptors (Lipinski definition) is 7. The first-order chi connectivity index (χ1) is 11.3. The SMILES string of the molecule is CSCC[C@H](NC(=O)c1ccc([N+](=O)[O-])cc1)C(=O)SCC(=O)O. The molecule has 130 valence electrons. The van der Waals surface area contributed by atoms with Gasteiger partial charge in [-0.15, -0.1) is 0 Å². The number of rotatable bonds is 9. The van der Waals surface area contributed by atoms with Gasteiger partial charge in [0.2, 0.25) is 5.12 Å². The van der Waals surface area contributed by atoms with E-state index in [2.05, 4.69) is 5.32 Å². The Hall–Kier alpha value is -2.07. The third-order valence-corrected chi connectivity index (χ3v) is 4.48. The molecule has 0 saturated carbocycles. The number of nitrogens with zero attached hydrogens (tertiary/aromatic N) is 1. The molecule has 0 unspecified atom stereocenters. The summed E-state index contributed by atoms with van der Waals surface area (Å²) in [5.74, 6) is -1.41. The number of amides is 1. The number of hydrogen-bond donors (Lipinski definition) is 2. The van der Waals surface area contributed by atoms with Crippen LogP contribution in [-0.4, -0.2) is 50.8 Å². The molecular formula is C14H16N2O6S2. The molecule has 0 radical (unpaired) electrons. The van der Waals surface area contributed by atoms with Gasteiger partial charge >= 0.3 is 5.97 Å². The lowest BCUT2D eigenvalue weighted by Crippen LogP contribution is -2.40. The second-order valence-corrected chi connectivity index (χ2v) is 6.58. The Morgan fingerprint density at radius 2 is 1.92 bits per heavy atom. The summed E-state index contributed by atoms with van der Waals surface area (Å²) < 4.78 is 0. The Bertz CT molecular complexity index is 620. The summed E-state index contributed by atoms with van der Waals surface area (Å²) in [6.07, 6.45) is 2.22. The van der Waals surface area contributed by atoms with Crippen molar-refractivity contribution in [1.82, 2.24) is 5.32 Å². The number of nitro benzene ring substituents is 1. The van der Waals surface area contributed by atoms with Crippen LogP contribution in [0.2, 0.25) is 0 Å². The van der Waals surface area contributed by atoms with Crippen LogP contribution in [-0.2, 0) is 9.59 Å². The van der Waals surface area contributed by atoms with Gasteiger partial charge in [0.15, 0.2) is 0 Å². The van der Waals surface area contributed by atoms with Gasteiger partial charge in [0.05, 0.1) is 16.7 Å². The minimum absolute atomic E-state index is 0.140. The van der Waals surface area contributed by atoms with Crippen LogP contribution in [0.15, 0.2) is 24.3 Å². The molecule has 1 rings (SSSR count). The van der Waals surface area contributed by atoms with Crippen molar-refractivity contribution in [2.45, 2.75) is 12.5 Å². The number of carbonyl (C=O) groups excluding carboxylic acids is 2. The van der Waals surface area contributed by atoms with Crippen molar-refractivity contribution < 1.29 is 24.4 Å². The number of non-ortho nitro benzene ring substituents is 1. The fourth-order valence-corrected chi connectivity index (χ4v) is 2.81. The van der Waals surface area contributed by atoms with Crippen LogP contribution in [0.4, 0.5) is 5.69 Å². The lowest BCUT2D eigenvalue weighted by Gasteiger charge is -2.16. The summed E-state index contributed by atoms with van der Waals surface area (Å²) in [5, 5.41) is 21.4. The zero-order chi connectivity index (χ0) is 18.1. The number of carboxylic acid groups (broad SMARTS) is 1. The molecule has 0 aliphatic heterocycles. The van der Waals surface area contributed by atoms with Crippen LogP contribution in [0.5, 0.6) is 0 Å². The lowest BCUT2D eigenvalue weighted by molar-refractivity contribution is -0.384. The predicted octanol–water partition coefficient (Wildman–Crippen LogP) is 1.79. The monoisotopic (exact) mass is 372 g/mol. The zero-order valence-electron chi connectivity index (χ0n) is 12.8. The summed E-state index contributed by atoms with van der Waals surface area (Å²) in [6, 6.07) is 4.19. The van der Waals surface area contributed by atoms with E-state index in [0.29, 0.717) is 23.9 Å². The number of nitrogens with one attached hydrogen (secondary N) is 1. The summed E-state index contributed by atoms with van der Waals surface area (Å²) in [5.41, 5.74) is 0.0457. The van der Waals surface area contributed by atoms with Crippen LogP contribution in [0.25, 0.3) is 0 Å². The highest BCUT2D eigenvalue weighted by Gasteiger charge is 2.22. The number of benzene rings is 1. The van der Waals surface area contributed by atoms with Crippen LogP contribution in [0.3, 0.4) is 0 Å². The zero-order valence-corrected chi connectivity index (χ0v) is 14.4. The molecule has 0 aliphatic carbocycles. The minimum Gasteiger partial charge on any atom is -0.481 e. The smallest absolute Gasteiger partial charge is 0.313 e. The van der Waals surface area contributed by atoms with E-state index in [1.165, 1.54) is 36.0 Å². The molecule has 1 aromatic carbocycles. The van der Waals surface area contributed by atoms with Gasteiger partial charge in [-0.05, 0) is 30.6 Å². The Morgan fingerprint density at radius 1 is 1.29 bits per heavy atom. The van der Waals surface area contributed by atoms with Crippen molar-refractivity contribution >= 4 is 46.2 Å². The first-order valence-electron chi connectivity index (χ1n) is 6.77. The highest BCUT2D eigenvalue weighted by atomic mass is 32.2. The predicted molar refractivity (Wildman–Crippen MR) is 92.5 cm³/mol. The Labute approximate surface area is 146 Å². The van der Waals surface area contributed by atoms with E-state index in [-0.39, 0.29) is 17.0 Å². The summed E-state index contributed by atoms with van der Waals surface area (Å²) in [7, 11) is 0. The molecule has 0 bridgehead atoms. The fraction of sp³-hybridized carbons (Fsp3) is 0.357. The Kier molecular flexibility index (Phi) is 8.27. The number of carboxylic acids is 1. The molecular weight excluding hydrogens is 356 g/mol. The van der Waals surface area contributed by atoms with Crippen LogP contribution >= 0.6 is 23.5 Å². The maximum atomic E-state index is 12.2. The second-order valence-electron chi connectivity index (χ2n) is 4.61.